The molecule has 0 saturated heterocycles. The summed E-state index contributed by atoms with van der Waals surface area (Å²) in [4.78, 5) is 30.7. The minimum Gasteiger partial charge on any atom is -0.375 e. The van der Waals surface area contributed by atoms with Crippen molar-refractivity contribution in [2.75, 3.05) is 54.9 Å². The number of rotatable bonds is 7. The highest BCUT2D eigenvalue weighted by Crippen LogP contribution is 2.17. The Morgan fingerprint density at radius 2 is 1.10 bits per heavy atom. The lowest BCUT2D eigenvalue weighted by Crippen LogP contribution is -2.56. The van der Waals surface area contributed by atoms with Crippen molar-refractivity contribution in [1.82, 2.24) is 29.9 Å². The number of hydrogen-bond donors (Lipinski definition) is 0. The number of hydrogen-bond acceptors (Lipinski definition) is 10. The van der Waals surface area contributed by atoms with E-state index in [1.807, 2.05) is 14.1 Å². The molecule has 0 aliphatic rings. The number of aryl methyl sites for hydroxylation is 2. The maximum Gasteiger partial charge on any atom is 0.315 e. The Kier molecular flexibility index (Phi) is 8.92. The molecule has 0 bridgehead atoms. The van der Waals surface area contributed by atoms with Gasteiger partial charge in [0, 0.05) is 38.0 Å². The Labute approximate surface area is 170 Å². The summed E-state index contributed by atoms with van der Waals surface area (Å²) in [7, 11) is 15.8. The summed E-state index contributed by atoms with van der Waals surface area (Å²) in [5.41, 5.74) is 0. The lowest BCUT2D eigenvalue weighted by molar-refractivity contribution is 0.108. The van der Waals surface area contributed by atoms with Gasteiger partial charge in [0.2, 0.25) is 17.8 Å². The summed E-state index contributed by atoms with van der Waals surface area (Å²) in [5.74, 6) is 2.09. The summed E-state index contributed by atoms with van der Waals surface area (Å²) >= 11 is 0. The molecule has 2 heterocycles. The smallest absolute Gasteiger partial charge is 0.315 e. The van der Waals surface area contributed by atoms with Crippen LogP contribution >= 0.6 is 0 Å². The van der Waals surface area contributed by atoms with E-state index in [0.29, 0.717) is 28.7 Å². The largest absolute Gasteiger partial charge is 0.375 e. The number of nitrogens with zero attached hydrogens (tertiary/aromatic N) is 10. The quantitative estimate of drug-likeness (QED) is 0.470. The third-order valence-electron chi connectivity index (χ3n) is 3.72. The van der Waals surface area contributed by atoms with Gasteiger partial charge < -0.3 is 14.5 Å². The molecule has 0 aliphatic heterocycles. The highest BCUT2D eigenvalue weighted by atomic mass is 20.0. The zero-order chi connectivity index (χ0) is 22.3. The molecule has 0 N–H and O–H groups in total. The van der Waals surface area contributed by atoms with Gasteiger partial charge in [-0.25, -0.2) is 0 Å². The standard InChI is InChI=1S/C13H21B3FN10.F2/c1-8-18-10(24(3)4)22-11(19-8)25(5)16(15-14)26(6)12-20-9(2)21-13(23-12)27(7)17;1-2/h1-7H3;. The summed E-state index contributed by atoms with van der Waals surface area (Å²) < 4.78 is 29.5. The second-order valence-corrected chi connectivity index (χ2v) is 6.16. The van der Waals surface area contributed by atoms with Crippen LogP contribution in [0.1, 0.15) is 11.6 Å². The molecule has 0 spiro atoms. The fourth-order valence-electron chi connectivity index (χ4n) is 2.32. The molecule has 0 aromatic carbocycles. The molecule has 10 nitrogen and oxygen atoms in total. The molecule has 153 valence electrons. The number of aromatic nitrogens is 6. The monoisotopic (exact) mass is 407 g/mol. The van der Waals surface area contributed by atoms with Crippen LogP contribution in [-0.2, 0) is 0 Å². The Hall–Kier alpha value is -2.80. The maximum absolute atomic E-state index is 13.5. The molecular formula is C13H21B3F3N10. The Bertz CT molecular complexity index is 737. The van der Waals surface area contributed by atoms with Gasteiger partial charge in [-0.3, -0.25) is 0 Å². The van der Waals surface area contributed by atoms with E-state index >= 15 is 0 Å². The van der Waals surface area contributed by atoms with Gasteiger partial charge >= 0.3 is 6.87 Å². The molecule has 16 heteroatoms. The lowest BCUT2D eigenvalue weighted by atomic mass is 9.24. The SMILES string of the molecule is FF.[B][B]B(N(C)c1nc(C)nc(N(C)C)n1)N(C)c1nc(C)nc(N(C)F)n1. The number of halogens is 3. The Morgan fingerprint density at radius 1 is 0.724 bits per heavy atom. The molecule has 0 fully saturated rings. The summed E-state index contributed by atoms with van der Waals surface area (Å²) in [5, 5.41) is 0.329. The average Bonchev–Trinajstić information content (AvgIpc) is 2.68. The molecule has 2 rings (SSSR count). The van der Waals surface area contributed by atoms with Crippen molar-refractivity contribution in [3.05, 3.63) is 11.6 Å². The summed E-state index contributed by atoms with van der Waals surface area (Å²) in [6, 6.07) is 0. The molecule has 29 heavy (non-hydrogen) atoms. The first-order valence-electron chi connectivity index (χ1n) is 8.31. The van der Waals surface area contributed by atoms with Gasteiger partial charge in [-0.15, -0.1) is 0 Å². The van der Waals surface area contributed by atoms with E-state index in [0.717, 1.165) is 0 Å². The van der Waals surface area contributed by atoms with Gasteiger partial charge in [0.25, 0.3) is 5.95 Å². The molecule has 0 saturated carbocycles. The first kappa shape index (κ1) is 24.2. The van der Waals surface area contributed by atoms with Crippen LogP contribution in [0.4, 0.5) is 37.4 Å². The third kappa shape index (κ3) is 6.09. The molecule has 0 aliphatic carbocycles. The highest BCUT2D eigenvalue weighted by Gasteiger charge is 2.28. The highest BCUT2D eigenvalue weighted by molar-refractivity contribution is 7.33. The van der Waals surface area contributed by atoms with Crippen LogP contribution in [-0.4, -0.2) is 86.8 Å². The fraction of sp³-hybridized carbons (Fsp3) is 0.538. The van der Waals surface area contributed by atoms with E-state index in [2.05, 4.69) is 29.9 Å². The average molecular weight is 407 g/mol. The van der Waals surface area contributed by atoms with Crippen molar-refractivity contribution in [2.45, 2.75) is 13.8 Å². The maximum atomic E-state index is 13.5. The van der Waals surface area contributed by atoms with E-state index in [4.69, 9.17) is 16.9 Å². The van der Waals surface area contributed by atoms with Gasteiger partial charge in [-0.1, -0.05) is 4.48 Å². The van der Waals surface area contributed by atoms with Crippen LogP contribution in [0.3, 0.4) is 0 Å². The molecule has 0 unspecified atom stereocenters. The van der Waals surface area contributed by atoms with Crippen LogP contribution in [0.25, 0.3) is 0 Å². The van der Waals surface area contributed by atoms with Crippen LogP contribution in [0.5, 0.6) is 0 Å². The molecule has 0 atom stereocenters. The van der Waals surface area contributed by atoms with Crippen molar-refractivity contribution in [3.63, 3.8) is 0 Å². The van der Waals surface area contributed by atoms with Crippen LogP contribution in [0.15, 0.2) is 0 Å². The van der Waals surface area contributed by atoms with Gasteiger partial charge in [0.15, 0.2) is 0 Å². The van der Waals surface area contributed by atoms with E-state index in [1.165, 1.54) is 14.1 Å². The van der Waals surface area contributed by atoms with Crippen molar-refractivity contribution in [3.8, 4) is 0 Å². The normalized spacial score (nSPS) is 9.86. The minimum absolute atomic E-state index is 0.0892. The van der Waals surface area contributed by atoms with E-state index in [1.54, 1.807) is 42.5 Å². The predicted molar refractivity (Wildman–Crippen MR) is 109 cm³/mol. The van der Waals surface area contributed by atoms with Crippen molar-refractivity contribution in [2.24, 2.45) is 0 Å². The predicted octanol–water partition coefficient (Wildman–Crippen LogP) is 0.246. The molecule has 3 radical (unpaired) electrons. The zero-order valence-electron chi connectivity index (χ0n) is 17.3. The third-order valence-corrected chi connectivity index (χ3v) is 3.72. The topological polar surface area (TPSA) is 90.3 Å². The number of anilines is 4. The second-order valence-electron chi connectivity index (χ2n) is 6.16. The zero-order valence-corrected chi connectivity index (χ0v) is 17.3. The van der Waals surface area contributed by atoms with E-state index in [9.17, 15) is 4.48 Å². The van der Waals surface area contributed by atoms with Gasteiger partial charge in [0.1, 0.15) is 11.6 Å². The van der Waals surface area contributed by atoms with E-state index in [-0.39, 0.29) is 11.9 Å². The van der Waals surface area contributed by atoms with Crippen LogP contribution < -0.4 is 19.6 Å². The summed E-state index contributed by atoms with van der Waals surface area (Å²) in [6.45, 7) is 2.95. The first-order valence-corrected chi connectivity index (χ1v) is 8.31. The fourth-order valence-corrected chi connectivity index (χ4v) is 2.32. The Balaban J connectivity index is 0.00000204. The molecular weight excluding hydrogens is 386 g/mol. The van der Waals surface area contributed by atoms with Crippen molar-refractivity contribution in [1.29, 1.82) is 0 Å². The minimum atomic E-state index is -0.499. The van der Waals surface area contributed by atoms with Gasteiger partial charge in [-0.05, 0) is 27.9 Å². The second kappa shape index (κ2) is 10.7. The molecule has 2 aromatic heterocycles. The summed E-state index contributed by atoms with van der Waals surface area (Å²) in [6.07, 6.45) is 0. The molecule has 2 aromatic rings. The van der Waals surface area contributed by atoms with Crippen molar-refractivity contribution >= 4 is 45.5 Å². The lowest BCUT2D eigenvalue weighted by Gasteiger charge is -2.32. The first-order chi connectivity index (χ1) is 13.6. The van der Waals surface area contributed by atoms with Crippen LogP contribution in [0, 0.1) is 13.8 Å². The van der Waals surface area contributed by atoms with E-state index < -0.39 is 6.87 Å². The van der Waals surface area contributed by atoms with Gasteiger partial charge in [0.05, 0.1) is 7.06 Å². The van der Waals surface area contributed by atoms with Crippen molar-refractivity contribution < 1.29 is 13.6 Å². The molecule has 0 amide bonds. The Morgan fingerprint density at radius 3 is 1.48 bits per heavy atom. The van der Waals surface area contributed by atoms with Gasteiger partial charge in [-0.2, -0.15) is 35.0 Å². The van der Waals surface area contributed by atoms with Crippen LogP contribution in [0.2, 0.25) is 0 Å².